The molecule has 2 heteroatoms. The molecule has 3 rings (SSSR count). The second-order valence-electron chi connectivity index (χ2n) is 5.07. The molecule has 0 radical (unpaired) electrons. The van der Waals surface area contributed by atoms with Crippen molar-refractivity contribution in [2.24, 2.45) is 5.92 Å². The van der Waals surface area contributed by atoms with Crippen molar-refractivity contribution in [2.45, 2.75) is 12.3 Å². The molecule has 0 spiro atoms. The molecule has 1 N–H and O–H groups in total. The van der Waals surface area contributed by atoms with E-state index in [9.17, 15) is 4.79 Å². The summed E-state index contributed by atoms with van der Waals surface area (Å²) in [6, 6.07) is 17.6. The Hall–Kier alpha value is -2.53. The fraction of sp³-hybridized carbons (Fsp3) is 0.167. The lowest BCUT2D eigenvalue weighted by atomic mass is 10.1. The van der Waals surface area contributed by atoms with Crippen molar-refractivity contribution in [1.82, 2.24) is 0 Å². The normalized spacial score (nSPS) is 19.9. The minimum atomic E-state index is 0.0758. The highest BCUT2D eigenvalue weighted by atomic mass is 16.2. The van der Waals surface area contributed by atoms with Crippen LogP contribution in [-0.4, -0.2) is 5.91 Å². The molecule has 2 atom stereocenters. The maximum absolute atomic E-state index is 12.2. The van der Waals surface area contributed by atoms with Crippen LogP contribution in [0.15, 0.2) is 54.6 Å². The maximum Gasteiger partial charge on any atom is 0.228 e. The number of nitrogens with one attached hydrogen (secondary N) is 1. The number of rotatable bonds is 3. The van der Waals surface area contributed by atoms with Gasteiger partial charge in [0.1, 0.15) is 0 Å². The Morgan fingerprint density at radius 1 is 1.15 bits per heavy atom. The van der Waals surface area contributed by atoms with E-state index in [-0.39, 0.29) is 11.8 Å². The van der Waals surface area contributed by atoms with Gasteiger partial charge in [-0.05, 0) is 36.1 Å². The van der Waals surface area contributed by atoms with E-state index in [0.29, 0.717) is 5.92 Å². The van der Waals surface area contributed by atoms with Gasteiger partial charge in [0.15, 0.2) is 0 Å². The van der Waals surface area contributed by atoms with E-state index < -0.39 is 0 Å². The molecule has 1 saturated carbocycles. The third-order valence-corrected chi connectivity index (χ3v) is 3.65. The van der Waals surface area contributed by atoms with Crippen LogP contribution in [0, 0.1) is 18.3 Å². The van der Waals surface area contributed by atoms with Crippen molar-refractivity contribution < 1.29 is 4.79 Å². The molecule has 0 bridgehead atoms. The average Bonchev–Trinajstić information content (AvgIpc) is 3.29. The van der Waals surface area contributed by atoms with E-state index in [1.807, 2.05) is 42.5 Å². The second-order valence-corrected chi connectivity index (χ2v) is 5.07. The quantitative estimate of drug-likeness (QED) is 0.843. The minimum Gasteiger partial charge on any atom is -0.326 e. The number of carbonyl (C=O) groups excluding carboxylic acids is 1. The number of carbonyl (C=O) groups is 1. The predicted molar refractivity (Wildman–Crippen MR) is 80.3 cm³/mol. The fourth-order valence-electron chi connectivity index (χ4n) is 2.48. The first-order valence-corrected chi connectivity index (χ1v) is 6.70. The molecular weight excluding hydrogens is 246 g/mol. The van der Waals surface area contributed by atoms with Gasteiger partial charge in [-0.1, -0.05) is 42.3 Å². The third kappa shape index (κ3) is 2.57. The van der Waals surface area contributed by atoms with E-state index >= 15 is 0 Å². The first-order chi connectivity index (χ1) is 9.78. The van der Waals surface area contributed by atoms with Crippen molar-refractivity contribution >= 4 is 11.6 Å². The van der Waals surface area contributed by atoms with Crippen LogP contribution < -0.4 is 5.32 Å². The highest BCUT2D eigenvalue weighted by molar-refractivity contribution is 5.95. The Bertz CT molecular complexity index is 669. The van der Waals surface area contributed by atoms with Crippen molar-refractivity contribution in [2.75, 3.05) is 5.32 Å². The van der Waals surface area contributed by atoms with Crippen molar-refractivity contribution in [3.05, 3.63) is 65.7 Å². The van der Waals surface area contributed by atoms with Gasteiger partial charge in [0.2, 0.25) is 5.91 Å². The predicted octanol–water partition coefficient (Wildman–Crippen LogP) is 3.41. The molecule has 0 aliphatic heterocycles. The second kappa shape index (κ2) is 5.22. The number of terminal acetylenes is 1. The largest absolute Gasteiger partial charge is 0.326 e. The maximum atomic E-state index is 12.2. The van der Waals surface area contributed by atoms with Gasteiger partial charge in [-0.15, -0.1) is 6.42 Å². The highest BCUT2D eigenvalue weighted by Crippen LogP contribution is 2.47. The minimum absolute atomic E-state index is 0.0758. The summed E-state index contributed by atoms with van der Waals surface area (Å²) in [7, 11) is 0. The van der Waals surface area contributed by atoms with E-state index in [2.05, 4.69) is 23.4 Å². The van der Waals surface area contributed by atoms with Crippen LogP contribution >= 0.6 is 0 Å². The zero-order chi connectivity index (χ0) is 13.9. The number of benzene rings is 2. The monoisotopic (exact) mass is 261 g/mol. The Labute approximate surface area is 118 Å². The molecule has 0 unspecified atom stereocenters. The van der Waals surface area contributed by atoms with Crippen molar-refractivity contribution in [3.63, 3.8) is 0 Å². The molecular formula is C18H15NO. The first-order valence-electron chi connectivity index (χ1n) is 6.70. The molecule has 2 aromatic rings. The van der Waals surface area contributed by atoms with Crippen LogP contribution in [0.4, 0.5) is 5.69 Å². The number of amides is 1. The number of anilines is 1. The molecule has 0 heterocycles. The zero-order valence-electron chi connectivity index (χ0n) is 11.0. The van der Waals surface area contributed by atoms with Gasteiger partial charge in [0.05, 0.1) is 0 Å². The molecule has 1 aliphatic rings. The molecule has 1 amide bonds. The molecule has 0 aromatic heterocycles. The molecule has 1 fully saturated rings. The lowest BCUT2D eigenvalue weighted by Gasteiger charge is -2.05. The van der Waals surface area contributed by atoms with Crippen molar-refractivity contribution in [1.29, 1.82) is 0 Å². The standard InChI is InChI=1S/C18H15NO/c1-2-13-7-6-10-15(11-13)19-18(20)17-12-16(17)14-8-4-3-5-9-14/h1,3-11,16-17H,12H2,(H,19,20)/t16-,17+/m1/s1. The Balaban J connectivity index is 1.65. The van der Waals surface area contributed by atoms with Gasteiger partial charge in [0.25, 0.3) is 0 Å². The molecule has 20 heavy (non-hydrogen) atoms. The van der Waals surface area contributed by atoms with E-state index in [1.54, 1.807) is 0 Å². The topological polar surface area (TPSA) is 29.1 Å². The van der Waals surface area contributed by atoms with Crippen LogP contribution in [0.5, 0.6) is 0 Å². The Morgan fingerprint density at radius 3 is 2.70 bits per heavy atom. The summed E-state index contributed by atoms with van der Waals surface area (Å²) in [6.45, 7) is 0. The summed E-state index contributed by atoms with van der Waals surface area (Å²) in [5, 5.41) is 2.94. The summed E-state index contributed by atoms with van der Waals surface area (Å²) in [5.74, 6) is 3.08. The van der Waals surface area contributed by atoms with Gasteiger partial charge in [0, 0.05) is 17.2 Å². The average molecular weight is 261 g/mol. The zero-order valence-corrected chi connectivity index (χ0v) is 11.0. The van der Waals surface area contributed by atoms with Gasteiger partial charge < -0.3 is 5.32 Å². The van der Waals surface area contributed by atoms with Crippen LogP contribution in [0.3, 0.4) is 0 Å². The summed E-state index contributed by atoms with van der Waals surface area (Å²) in [4.78, 5) is 12.2. The molecule has 98 valence electrons. The van der Waals surface area contributed by atoms with Crippen LogP contribution in [0.25, 0.3) is 0 Å². The van der Waals surface area contributed by atoms with Crippen LogP contribution in [0.2, 0.25) is 0 Å². The van der Waals surface area contributed by atoms with Crippen LogP contribution in [-0.2, 0) is 4.79 Å². The highest BCUT2D eigenvalue weighted by Gasteiger charge is 2.43. The van der Waals surface area contributed by atoms with Gasteiger partial charge >= 0.3 is 0 Å². The number of hydrogen-bond acceptors (Lipinski definition) is 1. The number of hydrogen-bond donors (Lipinski definition) is 1. The molecule has 2 nitrogen and oxygen atoms in total. The summed E-state index contributed by atoms with van der Waals surface area (Å²) in [5.41, 5.74) is 2.78. The summed E-state index contributed by atoms with van der Waals surface area (Å²) in [6.07, 6.45) is 6.28. The lowest BCUT2D eigenvalue weighted by molar-refractivity contribution is -0.117. The lowest BCUT2D eigenvalue weighted by Crippen LogP contribution is -2.14. The molecule has 1 aliphatic carbocycles. The van der Waals surface area contributed by atoms with Crippen molar-refractivity contribution in [3.8, 4) is 12.3 Å². The first kappa shape index (κ1) is 12.5. The molecule has 2 aromatic carbocycles. The third-order valence-electron chi connectivity index (χ3n) is 3.65. The summed E-state index contributed by atoms with van der Waals surface area (Å²) < 4.78 is 0. The SMILES string of the molecule is C#Cc1cccc(NC(=O)[C@H]2C[C@@H]2c2ccccc2)c1. The van der Waals surface area contributed by atoms with E-state index in [0.717, 1.165) is 17.7 Å². The van der Waals surface area contributed by atoms with E-state index in [1.165, 1.54) is 5.56 Å². The Kier molecular flexibility index (Phi) is 3.26. The van der Waals surface area contributed by atoms with Gasteiger partial charge in [-0.3, -0.25) is 4.79 Å². The smallest absolute Gasteiger partial charge is 0.228 e. The Morgan fingerprint density at radius 2 is 1.95 bits per heavy atom. The van der Waals surface area contributed by atoms with Gasteiger partial charge in [-0.25, -0.2) is 0 Å². The van der Waals surface area contributed by atoms with Crippen LogP contribution in [0.1, 0.15) is 23.5 Å². The van der Waals surface area contributed by atoms with Gasteiger partial charge in [-0.2, -0.15) is 0 Å². The van der Waals surface area contributed by atoms with E-state index in [4.69, 9.17) is 6.42 Å². The summed E-state index contributed by atoms with van der Waals surface area (Å²) >= 11 is 0. The molecule has 0 saturated heterocycles. The fourth-order valence-corrected chi connectivity index (χ4v) is 2.48.